The Labute approximate surface area is 626 Å². The van der Waals surface area contributed by atoms with Gasteiger partial charge in [0, 0.05) is 94.6 Å². The average molecular weight is 1410 g/mol. The number of aromatic nitrogens is 3. The number of nitrogens with zero attached hydrogens (tertiary/aromatic N) is 6. The van der Waals surface area contributed by atoms with Crippen molar-refractivity contribution in [2.75, 3.05) is 28.3 Å². The summed E-state index contributed by atoms with van der Waals surface area (Å²) in [7, 11) is 6.45. The molecule has 0 radical (unpaired) electrons. The first kappa shape index (κ1) is 80.7. The van der Waals surface area contributed by atoms with Crippen LogP contribution in [-0.4, -0.2) is 125 Å². The summed E-state index contributed by atoms with van der Waals surface area (Å²) in [6.07, 6.45) is 19.8. The van der Waals surface area contributed by atoms with Gasteiger partial charge in [0.05, 0.1) is 42.1 Å². The molecule has 3 aliphatic rings. The van der Waals surface area contributed by atoms with E-state index in [1.807, 2.05) is 164 Å². The summed E-state index contributed by atoms with van der Waals surface area (Å²) in [6, 6.07) is 57.7. The van der Waals surface area contributed by atoms with E-state index in [0.29, 0.717) is 63.6 Å². The van der Waals surface area contributed by atoms with Crippen molar-refractivity contribution in [1.82, 2.24) is 29.7 Å². The molecule has 0 unspecified atom stereocenters. The molecule has 3 heterocycles. The Hall–Kier alpha value is -9.97. The predicted molar refractivity (Wildman–Crippen MR) is 394 cm³/mol. The van der Waals surface area contributed by atoms with Gasteiger partial charge in [-0.1, -0.05) is 127 Å². The van der Waals surface area contributed by atoms with Gasteiger partial charge in [-0.05, 0) is 217 Å². The summed E-state index contributed by atoms with van der Waals surface area (Å²) in [5.74, 6) is -0.405. The SMILES string of the molecule is CN(Cc1cncc(C(=O)O)c1)C(=O)c1ccc(C[C@@H]2CC[C@H]([C@H](O)c3ccccc3)C2)cc1.CN(Cc1cncc(C(=O)O)c1)C(=O)c1ccc(C[C@@H]2CC[C@H]([C@H](O)c3ccccc3)C2)cc1.COC(=O)c1cncc(CN(C)C(=O)c2ccc(C[C@@H]3CC[C@H]([C@H](O)c4ccccc4)C3)cc2)c1.[Li+].[OH-]. The van der Waals surface area contributed by atoms with Crippen LogP contribution in [0, 0.1) is 35.5 Å². The summed E-state index contributed by atoms with van der Waals surface area (Å²) in [5, 5.41) is 50.4. The van der Waals surface area contributed by atoms with Crippen LogP contribution in [0.2, 0.25) is 0 Å². The molecule has 0 saturated heterocycles. The van der Waals surface area contributed by atoms with Gasteiger partial charge < -0.3 is 50.4 Å². The second-order valence-corrected chi connectivity index (χ2v) is 27.9. The van der Waals surface area contributed by atoms with Crippen LogP contribution in [0.5, 0.6) is 0 Å². The number of amides is 3. The fraction of sp³-hybridized carbons (Fsp3) is 0.329. The third-order valence-corrected chi connectivity index (χ3v) is 20.3. The second kappa shape index (κ2) is 39.2. The summed E-state index contributed by atoms with van der Waals surface area (Å²) in [6.45, 7) is 0.898. The molecule has 9 atom stereocenters. The van der Waals surface area contributed by atoms with Crippen LogP contribution < -0.4 is 18.9 Å². The molecule has 6 N–H and O–H groups in total. The molecule has 6 aromatic carbocycles. The molecule has 542 valence electrons. The molecule has 3 amide bonds. The standard InChI is InChI=1S/C29H32N2O4.2C28H30N2O4.Li.H2O/c1-31(19-22-16-26(18-30-17-22)29(34)35-2)28(33)24-11-8-20(9-12-24)14-21-10-13-25(15-21)27(32)23-6-4-3-5-7-23;2*1-30(18-21-15-25(28(33)34)17-29-16-21)27(32)23-10-7-19(8-11-23)13-20-9-12-24(14-20)26(31)22-5-3-2-4-6-22;;/h3-9,11-12,16-18,21,25,27,32H,10,13-15,19H2,1-2H3;2*2-8,10-11,15-17,20,24,26,31H,9,12-14,18H2,1H3,(H,33,34);;1H2/q;;;+1;/p-1/t21-,25-,27+;2*20-,24-,26+;;/m000../s1. The van der Waals surface area contributed by atoms with E-state index >= 15 is 0 Å². The Balaban J connectivity index is 0.000000197. The first-order chi connectivity index (χ1) is 49.7. The van der Waals surface area contributed by atoms with E-state index in [-0.39, 0.29) is 78.1 Å². The number of esters is 1. The maximum atomic E-state index is 12.9. The van der Waals surface area contributed by atoms with E-state index in [0.717, 1.165) is 99.3 Å². The number of carbonyl (C=O) groups excluding carboxylic acids is 4. The molecule has 105 heavy (non-hydrogen) atoms. The first-order valence-electron chi connectivity index (χ1n) is 35.3. The third-order valence-electron chi connectivity index (χ3n) is 20.3. The maximum Gasteiger partial charge on any atom is 1.00 e. The number of aliphatic hydroxyl groups excluding tert-OH is 3. The van der Waals surface area contributed by atoms with Gasteiger partial charge in [0.25, 0.3) is 17.7 Å². The summed E-state index contributed by atoms with van der Waals surface area (Å²) in [4.78, 5) is 89.3. The number of hydrogen-bond donors (Lipinski definition) is 5. The molecule has 0 spiro atoms. The Morgan fingerprint density at radius 2 is 0.648 bits per heavy atom. The summed E-state index contributed by atoms with van der Waals surface area (Å²) < 4.78 is 4.74. The number of aliphatic hydroxyl groups is 3. The van der Waals surface area contributed by atoms with Crippen molar-refractivity contribution >= 4 is 35.6 Å². The summed E-state index contributed by atoms with van der Waals surface area (Å²) >= 11 is 0. The second-order valence-electron chi connectivity index (χ2n) is 27.9. The van der Waals surface area contributed by atoms with Crippen molar-refractivity contribution < 1.29 is 83.4 Å². The van der Waals surface area contributed by atoms with Crippen LogP contribution in [0.4, 0.5) is 0 Å². The average Bonchev–Trinajstić information content (AvgIpc) is 1.54. The van der Waals surface area contributed by atoms with E-state index in [4.69, 9.17) is 14.9 Å². The topological polar surface area (TPSA) is 291 Å². The molecule has 3 aliphatic carbocycles. The van der Waals surface area contributed by atoms with Crippen LogP contribution in [0.3, 0.4) is 0 Å². The van der Waals surface area contributed by atoms with Crippen molar-refractivity contribution in [2.24, 2.45) is 35.5 Å². The molecule has 0 aliphatic heterocycles. The van der Waals surface area contributed by atoms with Crippen molar-refractivity contribution in [3.63, 3.8) is 0 Å². The van der Waals surface area contributed by atoms with E-state index < -0.39 is 36.2 Å². The number of rotatable bonds is 24. The molecular formula is C85H93LiN6O13. The number of aromatic carboxylic acids is 2. The third kappa shape index (κ3) is 22.8. The minimum absolute atomic E-state index is 0. The number of carboxylic acid groups (broad SMARTS) is 2. The van der Waals surface area contributed by atoms with Gasteiger partial charge in [-0.2, -0.15) is 0 Å². The van der Waals surface area contributed by atoms with Gasteiger partial charge in [-0.3, -0.25) is 29.3 Å². The fourth-order valence-electron chi connectivity index (χ4n) is 14.8. The zero-order valence-electron chi connectivity index (χ0n) is 60.3. The molecule has 3 aromatic heterocycles. The van der Waals surface area contributed by atoms with Crippen molar-refractivity contribution in [1.29, 1.82) is 0 Å². The van der Waals surface area contributed by atoms with E-state index in [1.54, 1.807) is 60.5 Å². The van der Waals surface area contributed by atoms with Crippen LogP contribution in [0.15, 0.2) is 219 Å². The van der Waals surface area contributed by atoms with Crippen LogP contribution in [-0.2, 0) is 43.6 Å². The van der Waals surface area contributed by atoms with Crippen LogP contribution in [0.25, 0.3) is 0 Å². The van der Waals surface area contributed by atoms with Crippen molar-refractivity contribution in [3.8, 4) is 0 Å². The molecule has 20 heteroatoms. The van der Waals surface area contributed by atoms with Crippen LogP contribution >= 0.6 is 0 Å². The fourth-order valence-corrected chi connectivity index (χ4v) is 14.8. The van der Waals surface area contributed by atoms with Gasteiger partial charge in [-0.25, -0.2) is 14.4 Å². The predicted octanol–water partition coefficient (Wildman–Crippen LogP) is 11.1. The minimum Gasteiger partial charge on any atom is -0.870 e. The quantitative estimate of drug-likeness (QED) is 0.0277. The molecule has 9 aromatic rings. The molecule has 3 saturated carbocycles. The number of carboxylic acids is 2. The Morgan fingerprint density at radius 3 is 0.914 bits per heavy atom. The van der Waals surface area contributed by atoms with Gasteiger partial charge in [0.1, 0.15) is 0 Å². The summed E-state index contributed by atoms with van der Waals surface area (Å²) in [5.41, 5.74) is 11.0. The molecule has 19 nitrogen and oxygen atoms in total. The number of methoxy groups -OCH3 is 1. The van der Waals surface area contributed by atoms with Gasteiger partial charge in [0.2, 0.25) is 0 Å². The van der Waals surface area contributed by atoms with Gasteiger partial charge in [-0.15, -0.1) is 0 Å². The van der Waals surface area contributed by atoms with Gasteiger partial charge >= 0.3 is 36.8 Å². The minimum atomic E-state index is -1.04. The maximum absolute atomic E-state index is 12.9. The van der Waals surface area contributed by atoms with E-state index in [9.17, 15) is 44.1 Å². The van der Waals surface area contributed by atoms with E-state index in [1.165, 1.54) is 54.5 Å². The van der Waals surface area contributed by atoms with Gasteiger partial charge in [0.15, 0.2) is 0 Å². The number of ether oxygens (including phenoxy) is 1. The largest absolute Gasteiger partial charge is 1.00 e. The van der Waals surface area contributed by atoms with Crippen LogP contribution in [0.1, 0.15) is 188 Å². The number of hydrogen-bond acceptors (Lipinski definition) is 14. The number of pyridine rings is 3. The molecular weight excluding hydrogens is 1320 g/mol. The number of benzene rings is 6. The molecule has 0 bridgehead atoms. The van der Waals surface area contributed by atoms with Crippen molar-refractivity contribution in [2.45, 2.75) is 115 Å². The Kier molecular flexibility index (Phi) is 30.2. The normalized spacial score (nSPS) is 18.0. The molecule has 12 rings (SSSR count). The monoisotopic (exact) mass is 1410 g/mol. The molecule has 3 fully saturated rings. The number of carbonyl (C=O) groups is 6. The van der Waals surface area contributed by atoms with Crippen molar-refractivity contribution in [3.05, 3.63) is 303 Å². The first-order valence-corrected chi connectivity index (χ1v) is 35.3. The Bertz CT molecular complexity index is 4110. The zero-order valence-corrected chi connectivity index (χ0v) is 60.3. The smallest absolute Gasteiger partial charge is 0.870 e. The van der Waals surface area contributed by atoms with E-state index in [2.05, 4.69) is 15.0 Å². The zero-order chi connectivity index (χ0) is 72.9. The Morgan fingerprint density at radius 1 is 0.381 bits per heavy atom.